The van der Waals surface area contributed by atoms with E-state index < -0.39 is 13.7 Å². The number of benzene rings is 1. The fourth-order valence-corrected chi connectivity index (χ4v) is 1.57. The van der Waals surface area contributed by atoms with Crippen molar-refractivity contribution < 1.29 is 19.3 Å². The lowest BCUT2D eigenvalue weighted by atomic mass is 10.3. The van der Waals surface area contributed by atoms with Crippen molar-refractivity contribution in [2.45, 2.75) is 12.1 Å². The van der Waals surface area contributed by atoms with Gasteiger partial charge in [0.25, 0.3) is 0 Å². The zero-order chi connectivity index (χ0) is 11.1. The molecule has 0 radical (unpaired) electrons. The largest absolute Gasteiger partial charge is 0.511 e. The molecule has 0 fully saturated rings. The summed E-state index contributed by atoms with van der Waals surface area (Å²) in [6.07, 6.45) is 0.372. The highest BCUT2D eigenvalue weighted by Crippen LogP contribution is 2.24. The molecule has 0 aliphatic carbocycles. The van der Waals surface area contributed by atoms with Gasteiger partial charge >= 0.3 is 8.03 Å². The van der Waals surface area contributed by atoms with Crippen molar-refractivity contribution >= 4 is 8.03 Å². The van der Waals surface area contributed by atoms with Crippen molar-refractivity contribution in [2.24, 2.45) is 0 Å². The SMILES string of the molecule is O=[P+](O)C(CO)CCOc1ccccc1. The van der Waals surface area contributed by atoms with Crippen LogP contribution in [0.15, 0.2) is 30.3 Å². The van der Waals surface area contributed by atoms with Crippen LogP contribution in [0.1, 0.15) is 6.42 Å². The normalized spacial score (nSPS) is 13.3. The fourth-order valence-electron chi connectivity index (χ4n) is 1.10. The molecule has 0 spiro atoms. The van der Waals surface area contributed by atoms with Gasteiger partial charge in [0.05, 0.1) is 13.2 Å². The molecule has 0 aromatic heterocycles. The van der Waals surface area contributed by atoms with Crippen LogP contribution in [0.3, 0.4) is 0 Å². The van der Waals surface area contributed by atoms with E-state index in [1.165, 1.54) is 0 Å². The van der Waals surface area contributed by atoms with Gasteiger partial charge in [-0.1, -0.05) is 18.2 Å². The molecular formula is C10H14O4P+. The predicted molar refractivity (Wildman–Crippen MR) is 57.3 cm³/mol. The Morgan fingerprint density at radius 3 is 2.53 bits per heavy atom. The molecule has 1 aromatic carbocycles. The van der Waals surface area contributed by atoms with Gasteiger partial charge in [-0.15, -0.1) is 0 Å². The maximum atomic E-state index is 10.7. The molecule has 1 aromatic rings. The molecule has 2 atom stereocenters. The first-order chi connectivity index (χ1) is 7.24. The quantitative estimate of drug-likeness (QED) is 0.726. The topological polar surface area (TPSA) is 66.8 Å². The molecule has 0 saturated heterocycles. The standard InChI is InChI=1S/C10H13O4P/c11-8-10(15(12)13)6-7-14-9-4-2-1-3-5-9/h1-5,10-11H,6-8H2/p+1. The van der Waals surface area contributed by atoms with E-state index in [-0.39, 0.29) is 6.61 Å². The van der Waals surface area contributed by atoms with Crippen LogP contribution in [0.2, 0.25) is 0 Å². The van der Waals surface area contributed by atoms with E-state index in [0.717, 1.165) is 5.75 Å². The van der Waals surface area contributed by atoms with Crippen LogP contribution in [0.5, 0.6) is 5.75 Å². The van der Waals surface area contributed by atoms with E-state index in [4.69, 9.17) is 14.7 Å². The maximum absolute atomic E-state index is 10.7. The zero-order valence-electron chi connectivity index (χ0n) is 8.24. The monoisotopic (exact) mass is 229 g/mol. The second-order valence-electron chi connectivity index (χ2n) is 3.09. The summed E-state index contributed by atoms with van der Waals surface area (Å²) in [5.41, 5.74) is -0.594. The molecule has 0 amide bonds. The summed E-state index contributed by atoms with van der Waals surface area (Å²) in [5, 5.41) is 8.79. The van der Waals surface area contributed by atoms with E-state index in [1.54, 1.807) is 0 Å². The van der Waals surface area contributed by atoms with Crippen molar-refractivity contribution in [1.29, 1.82) is 0 Å². The van der Waals surface area contributed by atoms with Crippen molar-refractivity contribution in [3.63, 3.8) is 0 Å². The van der Waals surface area contributed by atoms with Crippen LogP contribution in [0.4, 0.5) is 0 Å². The van der Waals surface area contributed by atoms with Gasteiger partial charge in [0, 0.05) is 6.42 Å². The molecule has 0 aliphatic rings. The molecule has 4 nitrogen and oxygen atoms in total. The third kappa shape index (κ3) is 4.38. The highest BCUT2D eigenvalue weighted by molar-refractivity contribution is 7.38. The molecule has 0 bridgehead atoms. The summed E-state index contributed by atoms with van der Waals surface area (Å²) < 4.78 is 16.0. The summed E-state index contributed by atoms with van der Waals surface area (Å²) in [5.74, 6) is 0.724. The van der Waals surface area contributed by atoms with Crippen molar-refractivity contribution in [3.05, 3.63) is 30.3 Å². The lowest BCUT2D eigenvalue weighted by molar-refractivity contribution is 0.250. The second kappa shape index (κ2) is 6.51. The summed E-state index contributed by atoms with van der Waals surface area (Å²) >= 11 is 0. The fraction of sp³-hybridized carbons (Fsp3) is 0.400. The van der Waals surface area contributed by atoms with Gasteiger partial charge in [0.1, 0.15) is 5.75 Å². The molecule has 82 valence electrons. The highest BCUT2D eigenvalue weighted by Gasteiger charge is 2.27. The number of rotatable bonds is 6. The van der Waals surface area contributed by atoms with Crippen LogP contribution in [-0.4, -0.2) is 28.9 Å². The number of aliphatic hydroxyl groups excluding tert-OH is 1. The summed E-state index contributed by atoms with van der Waals surface area (Å²) in [6, 6.07) is 9.21. The number of para-hydroxylation sites is 1. The van der Waals surface area contributed by atoms with E-state index in [9.17, 15) is 4.57 Å². The lowest BCUT2D eigenvalue weighted by Crippen LogP contribution is -2.13. The molecule has 15 heavy (non-hydrogen) atoms. The zero-order valence-corrected chi connectivity index (χ0v) is 9.14. The van der Waals surface area contributed by atoms with Gasteiger partial charge in [0.15, 0.2) is 0 Å². The number of hydrogen-bond acceptors (Lipinski definition) is 3. The van der Waals surface area contributed by atoms with Crippen LogP contribution in [0.25, 0.3) is 0 Å². The minimum atomic E-state index is -2.32. The van der Waals surface area contributed by atoms with Gasteiger partial charge in [-0.05, 0) is 16.7 Å². The van der Waals surface area contributed by atoms with Gasteiger partial charge in [-0.3, -0.25) is 0 Å². The number of hydrogen-bond donors (Lipinski definition) is 2. The Balaban J connectivity index is 2.30. The minimum absolute atomic E-state index is 0.288. The van der Waals surface area contributed by atoms with Gasteiger partial charge in [0.2, 0.25) is 5.66 Å². The molecule has 5 heteroatoms. The van der Waals surface area contributed by atoms with Crippen LogP contribution in [0, 0.1) is 0 Å². The first kappa shape index (κ1) is 12.1. The van der Waals surface area contributed by atoms with Crippen molar-refractivity contribution in [3.8, 4) is 5.75 Å². The summed E-state index contributed by atoms with van der Waals surface area (Å²) in [7, 11) is -2.32. The van der Waals surface area contributed by atoms with E-state index >= 15 is 0 Å². The van der Waals surface area contributed by atoms with Crippen LogP contribution < -0.4 is 4.74 Å². The van der Waals surface area contributed by atoms with E-state index in [2.05, 4.69) is 0 Å². The summed E-state index contributed by atoms with van der Waals surface area (Å²) in [4.78, 5) is 8.80. The molecule has 0 heterocycles. The Kier molecular flexibility index (Phi) is 5.26. The third-order valence-electron chi connectivity index (χ3n) is 1.99. The van der Waals surface area contributed by atoms with Gasteiger partial charge in [-0.2, -0.15) is 4.89 Å². The average Bonchev–Trinajstić information content (AvgIpc) is 2.25. The maximum Gasteiger partial charge on any atom is 0.511 e. The van der Waals surface area contributed by atoms with Crippen LogP contribution in [-0.2, 0) is 4.57 Å². The Morgan fingerprint density at radius 1 is 1.33 bits per heavy atom. The highest BCUT2D eigenvalue weighted by atomic mass is 31.1. The van der Waals surface area contributed by atoms with Gasteiger partial charge in [-0.25, -0.2) is 0 Å². The Bertz CT molecular complexity index is 302. The third-order valence-corrected chi connectivity index (χ3v) is 3.03. The molecule has 2 N–H and O–H groups in total. The van der Waals surface area contributed by atoms with E-state index in [1.807, 2.05) is 30.3 Å². The van der Waals surface area contributed by atoms with Crippen LogP contribution >= 0.6 is 8.03 Å². The van der Waals surface area contributed by atoms with E-state index in [0.29, 0.717) is 13.0 Å². The predicted octanol–water partition coefficient (Wildman–Crippen LogP) is 1.55. The Labute approximate surface area is 89.4 Å². The molecular weight excluding hydrogens is 215 g/mol. The Hall–Kier alpha value is -0.960. The second-order valence-corrected chi connectivity index (χ2v) is 4.42. The van der Waals surface area contributed by atoms with Crippen molar-refractivity contribution in [2.75, 3.05) is 13.2 Å². The molecule has 0 aliphatic heterocycles. The number of aliphatic hydroxyl groups is 1. The first-order valence-electron chi connectivity index (χ1n) is 4.68. The Morgan fingerprint density at radius 2 is 2.00 bits per heavy atom. The van der Waals surface area contributed by atoms with Crippen molar-refractivity contribution in [1.82, 2.24) is 0 Å². The van der Waals surface area contributed by atoms with Gasteiger partial charge < -0.3 is 9.84 Å². The minimum Gasteiger partial charge on any atom is -0.493 e. The molecule has 0 saturated carbocycles. The lowest BCUT2D eigenvalue weighted by Gasteiger charge is -2.05. The molecule has 1 rings (SSSR count). The average molecular weight is 229 g/mol. The number of ether oxygens (including phenoxy) is 1. The molecule has 2 unspecified atom stereocenters. The smallest absolute Gasteiger partial charge is 0.493 e. The first-order valence-corrected chi connectivity index (χ1v) is 5.96. The summed E-state index contributed by atoms with van der Waals surface area (Å²) in [6.45, 7) is 0.0424.